The van der Waals surface area contributed by atoms with Crippen LogP contribution in [0.4, 0.5) is 4.39 Å². The summed E-state index contributed by atoms with van der Waals surface area (Å²) in [5.74, 6) is 2.29. The molecule has 2 fully saturated rings. The Morgan fingerprint density at radius 2 is 1.96 bits per heavy atom. The van der Waals surface area contributed by atoms with Gasteiger partial charge in [-0.15, -0.1) is 11.6 Å². The number of hydrogen-bond acceptors (Lipinski definition) is 2. The van der Waals surface area contributed by atoms with E-state index in [1.807, 2.05) is 6.92 Å². The summed E-state index contributed by atoms with van der Waals surface area (Å²) >= 11 is 5.84. The van der Waals surface area contributed by atoms with Gasteiger partial charge in [-0.3, -0.25) is 9.59 Å². The summed E-state index contributed by atoms with van der Waals surface area (Å²) < 4.78 is 15.6. The van der Waals surface area contributed by atoms with E-state index < -0.39 is 11.6 Å². The van der Waals surface area contributed by atoms with E-state index in [-0.39, 0.29) is 17.6 Å². The average molecular weight is 395 g/mol. The molecule has 0 amide bonds. The molecule has 2 nitrogen and oxygen atoms in total. The Hall–Kier alpha value is -0.700. The van der Waals surface area contributed by atoms with Gasteiger partial charge in [-0.2, -0.15) is 0 Å². The van der Waals surface area contributed by atoms with Crippen LogP contribution in [0.5, 0.6) is 0 Å². The second kappa shape index (κ2) is 7.61. The quantitative estimate of drug-likeness (QED) is 0.334. The molecule has 4 unspecified atom stereocenters. The third kappa shape index (κ3) is 3.32. The number of fused-ring (bicyclic) bond motifs is 4. The Balaban J connectivity index is 1.66. The molecule has 0 aromatic heterocycles. The Labute approximate surface area is 167 Å². The Morgan fingerprint density at radius 1 is 1.15 bits per heavy atom. The fraction of sp³-hybridized carbons (Fsp3) is 0.826. The van der Waals surface area contributed by atoms with Crippen LogP contribution in [0, 0.1) is 29.1 Å². The van der Waals surface area contributed by atoms with Crippen LogP contribution in [0.2, 0.25) is 0 Å². The molecule has 0 saturated heterocycles. The maximum absolute atomic E-state index is 15.6. The minimum Gasteiger partial charge on any atom is -0.299 e. The Morgan fingerprint density at radius 3 is 2.74 bits per heavy atom. The molecule has 0 heterocycles. The van der Waals surface area contributed by atoms with Gasteiger partial charge in [0.25, 0.3) is 0 Å². The van der Waals surface area contributed by atoms with Gasteiger partial charge in [0.15, 0.2) is 0 Å². The average Bonchev–Trinajstić information content (AvgIpc) is 2.92. The highest BCUT2D eigenvalue weighted by atomic mass is 35.5. The number of carbonyl (C=O) groups excluding carboxylic acids is 2. The summed E-state index contributed by atoms with van der Waals surface area (Å²) in [4.78, 5) is 24.7. The van der Waals surface area contributed by atoms with Gasteiger partial charge < -0.3 is 0 Å². The number of Topliss-reactive ketones (excluding diaryl/α,β-unsaturated/α-hetero) is 2. The van der Waals surface area contributed by atoms with Gasteiger partial charge in [0.05, 0.1) is 0 Å². The number of carbonyl (C=O) groups is 2. The standard InChI is InChI=1S/C23H32ClFO2/c1-23-13-19(25)22-17-7-6-16(26)12-15(17)11-14(5-3-2-4-10-24)21(22)18(23)8-9-20(23)27/h14,18-19,21-22H,2-13H2,1H3/t14?,18?,19-,21?,22?,23-/m0/s1. The number of ketones is 2. The smallest absolute Gasteiger partial charge is 0.139 e. The summed E-state index contributed by atoms with van der Waals surface area (Å²) in [6, 6.07) is 0. The molecule has 0 spiro atoms. The van der Waals surface area contributed by atoms with E-state index in [9.17, 15) is 9.59 Å². The van der Waals surface area contributed by atoms with Crippen molar-refractivity contribution in [3.05, 3.63) is 11.1 Å². The van der Waals surface area contributed by atoms with Gasteiger partial charge in [-0.1, -0.05) is 30.9 Å². The number of allylic oxidation sites excluding steroid dienone is 2. The fourth-order valence-corrected chi connectivity index (χ4v) is 7.19. The van der Waals surface area contributed by atoms with Crippen molar-refractivity contribution < 1.29 is 14.0 Å². The van der Waals surface area contributed by atoms with Crippen molar-refractivity contribution in [1.82, 2.24) is 0 Å². The van der Waals surface area contributed by atoms with Crippen molar-refractivity contribution >= 4 is 23.2 Å². The van der Waals surface area contributed by atoms with Crippen LogP contribution in [0.1, 0.15) is 77.6 Å². The van der Waals surface area contributed by atoms with E-state index in [2.05, 4.69) is 0 Å². The molecule has 4 rings (SSSR count). The molecule has 4 heteroatoms. The lowest BCUT2D eigenvalue weighted by Crippen LogP contribution is -2.52. The van der Waals surface area contributed by atoms with Crippen LogP contribution in [0.3, 0.4) is 0 Å². The summed E-state index contributed by atoms with van der Waals surface area (Å²) in [5.41, 5.74) is 2.06. The van der Waals surface area contributed by atoms with Crippen molar-refractivity contribution in [2.24, 2.45) is 29.1 Å². The first-order valence-electron chi connectivity index (χ1n) is 10.9. The van der Waals surface area contributed by atoms with E-state index in [0.29, 0.717) is 49.2 Å². The number of rotatable bonds is 5. The molecular weight excluding hydrogens is 363 g/mol. The fourth-order valence-electron chi connectivity index (χ4n) is 7.00. The van der Waals surface area contributed by atoms with Crippen molar-refractivity contribution in [2.45, 2.75) is 83.7 Å². The lowest BCUT2D eigenvalue weighted by Gasteiger charge is -2.54. The molecule has 6 atom stereocenters. The highest BCUT2D eigenvalue weighted by Gasteiger charge is 2.60. The van der Waals surface area contributed by atoms with Gasteiger partial charge in [0.1, 0.15) is 17.7 Å². The lowest BCUT2D eigenvalue weighted by atomic mass is 9.50. The Kier molecular flexibility index (Phi) is 5.53. The minimum atomic E-state index is -0.929. The molecular formula is C23H32ClFO2. The van der Waals surface area contributed by atoms with Crippen molar-refractivity contribution in [2.75, 3.05) is 5.88 Å². The normalized spacial score (nSPS) is 41.4. The monoisotopic (exact) mass is 394 g/mol. The van der Waals surface area contributed by atoms with Gasteiger partial charge in [0, 0.05) is 36.5 Å². The largest absolute Gasteiger partial charge is 0.299 e. The molecule has 4 aliphatic rings. The topological polar surface area (TPSA) is 34.1 Å². The first kappa shape index (κ1) is 19.6. The summed E-state index contributed by atoms with van der Waals surface area (Å²) in [7, 11) is 0. The SMILES string of the molecule is C[C@]12C[C@H](F)C3C4=C(CC(=O)CC4)CC(CCCCCCl)C3C1CCC2=O. The van der Waals surface area contributed by atoms with Crippen LogP contribution in [-0.4, -0.2) is 23.6 Å². The highest BCUT2D eigenvalue weighted by molar-refractivity contribution is 6.17. The van der Waals surface area contributed by atoms with Gasteiger partial charge in [0.2, 0.25) is 0 Å². The van der Waals surface area contributed by atoms with Crippen LogP contribution in [0.15, 0.2) is 11.1 Å². The molecule has 27 heavy (non-hydrogen) atoms. The first-order chi connectivity index (χ1) is 13.0. The van der Waals surface area contributed by atoms with Gasteiger partial charge in [-0.05, 0) is 56.3 Å². The third-order valence-corrected chi connectivity index (χ3v) is 8.49. The number of unbranched alkanes of at least 4 members (excludes halogenated alkanes) is 2. The molecule has 2 saturated carbocycles. The zero-order valence-electron chi connectivity index (χ0n) is 16.4. The van der Waals surface area contributed by atoms with Gasteiger partial charge in [-0.25, -0.2) is 4.39 Å². The predicted molar refractivity (Wildman–Crippen MR) is 106 cm³/mol. The summed E-state index contributed by atoms with van der Waals surface area (Å²) in [6.07, 6.45) is 8.19. The zero-order chi connectivity index (χ0) is 19.2. The van der Waals surface area contributed by atoms with E-state index in [4.69, 9.17) is 11.6 Å². The summed E-state index contributed by atoms with van der Waals surface area (Å²) in [5, 5.41) is 0. The summed E-state index contributed by atoms with van der Waals surface area (Å²) in [6.45, 7) is 2.04. The second-order valence-corrected chi connectivity index (χ2v) is 10.0. The maximum atomic E-state index is 15.6. The molecule has 0 aromatic rings. The molecule has 0 N–H and O–H groups in total. The van der Waals surface area contributed by atoms with Crippen LogP contribution >= 0.6 is 11.6 Å². The maximum Gasteiger partial charge on any atom is 0.139 e. The van der Waals surface area contributed by atoms with E-state index in [0.717, 1.165) is 44.9 Å². The van der Waals surface area contributed by atoms with E-state index in [1.165, 1.54) is 11.1 Å². The first-order valence-corrected chi connectivity index (χ1v) is 11.4. The van der Waals surface area contributed by atoms with Crippen molar-refractivity contribution in [1.29, 1.82) is 0 Å². The third-order valence-electron chi connectivity index (χ3n) is 8.23. The van der Waals surface area contributed by atoms with E-state index >= 15 is 4.39 Å². The van der Waals surface area contributed by atoms with Crippen molar-refractivity contribution in [3.8, 4) is 0 Å². The molecule has 0 aromatic carbocycles. The van der Waals surface area contributed by atoms with Crippen LogP contribution in [-0.2, 0) is 9.59 Å². The molecule has 150 valence electrons. The molecule has 4 aliphatic carbocycles. The van der Waals surface area contributed by atoms with Crippen molar-refractivity contribution in [3.63, 3.8) is 0 Å². The molecule has 0 radical (unpaired) electrons. The minimum absolute atomic E-state index is 0.0381. The number of hydrogen-bond donors (Lipinski definition) is 0. The lowest BCUT2D eigenvalue weighted by molar-refractivity contribution is -0.134. The molecule has 0 aliphatic heterocycles. The Bertz CT molecular complexity index is 657. The zero-order valence-corrected chi connectivity index (χ0v) is 17.2. The predicted octanol–water partition coefficient (Wildman–Crippen LogP) is 5.81. The van der Waals surface area contributed by atoms with Crippen LogP contribution in [0.25, 0.3) is 0 Å². The number of alkyl halides is 2. The van der Waals surface area contributed by atoms with Gasteiger partial charge >= 0.3 is 0 Å². The van der Waals surface area contributed by atoms with E-state index in [1.54, 1.807) is 0 Å². The highest BCUT2D eigenvalue weighted by Crippen LogP contribution is 2.62. The van der Waals surface area contributed by atoms with Crippen LogP contribution < -0.4 is 0 Å². The number of halogens is 2. The molecule has 0 bridgehead atoms. The second-order valence-electron chi connectivity index (χ2n) is 9.66.